The van der Waals surface area contributed by atoms with E-state index in [1.54, 1.807) is 20.0 Å². The van der Waals surface area contributed by atoms with Crippen molar-refractivity contribution >= 4 is 6.21 Å². The fourth-order valence-corrected chi connectivity index (χ4v) is 0.678. The molecule has 0 saturated carbocycles. The molecule has 3 N–H and O–H groups in total. The molecule has 12 heavy (non-hydrogen) atoms. The van der Waals surface area contributed by atoms with Crippen LogP contribution in [0.3, 0.4) is 0 Å². The first-order chi connectivity index (χ1) is 5.49. The Morgan fingerprint density at radius 3 is 2.50 bits per heavy atom. The molecule has 0 heterocycles. The van der Waals surface area contributed by atoms with E-state index < -0.39 is 5.60 Å². The molecular weight excluding hydrogens is 152 g/mol. The van der Waals surface area contributed by atoms with Crippen LogP contribution in [0.15, 0.2) is 11.8 Å². The van der Waals surface area contributed by atoms with Gasteiger partial charge in [0.15, 0.2) is 0 Å². The van der Waals surface area contributed by atoms with Crippen molar-refractivity contribution in [3.05, 3.63) is 11.8 Å². The molecule has 0 aromatic carbocycles. The van der Waals surface area contributed by atoms with Crippen molar-refractivity contribution in [2.45, 2.75) is 32.8 Å². The number of allylic oxidation sites excluding steroid dienone is 1. The van der Waals surface area contributed by atoms with Gasteiger partial charge in [-0.25, -0.2) is 0 Å². The Kier molecular flexibility index (Phi) is 4.59. The zero-order valence-corrected chi connectivity index (χ0v) is 8.02. The average molecular weight is 170 g/mol. The molecule has 70 valence electrons. The maximum atomic E-state index is 9.33. The van der Waals surface area contributed by atoms with Crippen LogP contribution in [0.5, 0.6) is 0 Å². The Balaban J connectivity index is 3.80. The molecule has 0 saturated heterocycles. The van der Waals surface area contributed by atoms with Gasteiger partial charge in [0.2, 0.25) is 0 Å². The Bertz CT molecular complexity index is 168. The van der Waals surface area contributed by atoms with Crippen LogP contribution in [-0.2, 0) is 0 Å². The Labute approximate surface area is 74.0 Å². The lowest BCUT2D eigenvalue weighted by Gasteiger charge is -2.16. The minimum absolute atomic E-state index is 0.504. The van der Waals surface area contributed by atoms with Crippen LogP contribution in [-0.4, -0.2) is 23.5 Å². The van der Waals surface area contributed by atoms with Crippen LogP contribution in [0.25, 0.3) is 0 Å². The molecule has 0 radical (unpaired) electrons. The van der Waals surface area contributed by atoms with Crippen LogP contribution < -0.4 is 5.32 Å². The summed E-state index contributed by atoms with van der Waals surface area (Å²) >= 11 is 0. The van der Waals surface area contributed by atoms with Crippen molar-refractivity contribution in [3.63, 3.8) is 0 Å². The highest BCUT2D eigenvalue weighted by molar-refractivity contribution is 5.75. The van der Waals surface area contributed by atoms with Gasteiger partial charge >= 0.3 is 0 Å². The second-order valence-corrected chi connectivity index (χ2v) is 3.41. The van der Waals surface area contributed by atoms with Gasteiger partial charge in [-0.2, -0.15) is 0 Å². The van der Waals surface area contributed by atoms with Crippen molar-refractivity contribution in [3.8, 4) is 0 Å². The van der Waals surface area contributed by atoms with Gasteiger partial charge in [0.1, 0.15) is 0 Å². The number of rotatable bonds is 5. The smallest absolute Gasteiger partial charge is 0.0763 e. The summed E-state index contributed by atoms with van der Waals surface area (Å²) < 4.78 is 0. The Morgan fingerprint density at radius 2 is 2.17 bits per heavy atom. The van der Waals surface area contributed by atoms with Gasteiger partial charge in [-0.15, -0.1) is 0 Å². The molecule has 0 fully saturated rings. The Morgan fingerprint density at radius 1 is 1.58 bits per heavy atom. The van der Waals surface area contributed by atoms with E-state index in [-0.39, 0.29) is 0 Å². The molecular formula is C9H18N2O. The summed E-state index contributed by atoms with van der Waals surface area (Å²) in [5.74, 6) is 0. The van der Waals surface area contributed by atoms with E-state index >= 15 is 0 Å². The predicted molar refractivity (Wildman–Crippen MR) is 51.5 cm³/mol. The zero-order valence-electron chi connectivity index (χ0n) is 8.02. The highest BCUT2D eigenvalue weighted by Gasteiger charge is 2.09. The number of hydrogen-bond acceptors (Lipinski definition) is 3. The fourth-order valence-electron chi connectivity index (χ4n) is 0.678. The maximum Gasteiger partial charge on any atom is 0.0763 e. The van der Waals surface area contributed by atoms with Gasteiger partial charge in [0, 0.05) is 19.0 Å². The lowest BCUT2D eigenvalue weighted by Crippen LogP contribution is -2.32. The first-order valence-corrected chi connectivity index (χ1v) is 4.15. The monoisotopic (exact) mass is 170 g/mol. The molecule has 0 aliphatic heterocycles. The first kappa shape index (κ1) is 11.2. The van der Waals surface area contributed by atoms with Crippen molar-refractivity contribution in [2.75, 3.05) is 6.54 Å². The van der Waals surface area contributed by atoms with Crippen molar-refractivity contribution in [1.82, 2.24) is 5.32 Å². The molecule has 0 unspecified atom stereocenters. The van der Waals surface area contributed by atoms with Crippen LogP contribution in [0, 0.1) is 5.41 Å². The molecule has 0 atom stereocenters. The molecule has 0 aliphatic rings. The SMILES string of the molecule is CC/C(C=N)=C/NCC(C)(C)O. The highest BCUT2D eigenvalue weighted by atomic mass is 16.3. The predicted octanol–water partition coefficient (Wildman–Crippen LogP) is 1.29. The number of hydrogen-bond donors (Lipinski definition) is 3. The van der Waals surface area contributed by atoms with E-state index in [2.05, 4.69) is 5.32 Å². The van der Waals surface area contributed by atoms with Gasteiger partial charge in [-0.05, 0) is 25.8 Å². The molecule has 0 aromatic rings. The maximum absolute atomic E-state index is 9.33. The molecule has 0 bridgehead atoms. The Hall–Kier alpha value is -0.830. The molecule has 0 aromatic heterocycles. The summed E-state index contributed by atoms with van der Waals surface area (Å²) in [6.07, 6.45) is 3.92. The van der Waals surface area contributed by atoms with Crippen LogP contribution in [0.2, 0.25) is 0 Å². The van der Waals surface area contributed by atoms with Crippen LogP contribution >= 0.6 is 0 Å². The quantitative estimate of drug-likeness (QED) is 0.544. The largest absolute Gasteiger partial charge is 0.389 e. The van der Waals surface area contributed by atoms with Crippen molar-refractivity contribution < 1.29 is 5.11 Å². The van der Waals surface area contributed by atoms with Gasteiger partial charge in [0.25, 0.3) is 0 Å². The van der Waals surface area contributed by atoms with E-state index in [0.29, 0.717) is 6.54 Å². The highest BCUT2D eigenvalue weighted by Crippen LogP contribution is 1.98. The summed E-state index contributed by atoms with van der Waals surface area (Å²) in [6, 6.07) is 0. The van der Waals surface area contributed by atoms with Gasteiger partial charge in [-0.1, -0.05) is 6.92 Å². The van der Waals surface area contributed by atoms with Crippen molar-refractivity contribution in [2.24, 2.45) is 0 Å². The topological polar surface area (TPSA) is 56.1 Å². The fraction of sp³-hybridized carbons (Fsp3) is 0.667. The summed E-state index contributed by atoms with van der Waals surface area (Å²) in [4.78, 5) is 0. The third-order valence-corrected chi connectivity index (χ3v) is 1.42. The average Bonchev–Trinajstić information content (AvgIpc) is 1.96. The minimum Gasteiger partial charge on any atom is -0.389 e. The van der Waals surface area contributed by atoms with E-state index in [1.807, 2.05) is 6.92 Å². The molecule has 0 rings (SSSR count). The molecule has 3 nitrogen and oxygen atoms in total. The normalized spacial score (nSPS) is 12.8. The summed E-state index contributed by atoms with van der Waals surface area (Å²) in [6.45, 7) is 5.97. The van der Waals surface area contributed by atoms with Gasteiger partial charge in [0.05, 0.1) is 5.60 Å². The molecule has 0 amide bonds. The molecule has 3 heteroatoms. The summed E-state index contributed by atoms with van der Waals surface area (Å²) in [7, 11) is 0. The number of aliphatic hydroxyl groups is 1. The lowest BCUT2D eigenvalue weighted by atomic mass is 10.1. The van der Waals surface area contributed by atoms with E-state index in [4.69, 9.17) is 5.41 Å². The van der Waals surface area contributed by atoms with E-state index in [1.165, 1.54) is 6.21 Å². The zero-order chi connectivity index (χ0) is 9.61. The van der Waals surface area contributed by atoms with Crippen molar-refractivity contribution in [1.29, 1.82) is 5.41 Å². The van der Waals surface area contributed by atoms with Gasteiger partial charge in [-0.3, -0.25) is 0 Å². The van der Waals surface area contributed by atoms with Crippen LogP contribution in [0.4, 0.5) is 0 Å². The minimum atomic E-state index is -0.697. The summed E-state index contributed by atoms with van der Waals surface area (Å²) in [5.41, 5.74) is 0.233. The second kappa shape index (κ2) is 4.93. The standard InChI is InChI=1S/C9H18N2O/c1-4-8(5-10)6-11-7-9(2,3)12/h5-6,10-12H,4,7H2,1-3H3/b8-6-,10-5?. The third kappa shape index (κ3) is 5.92. The summed E-state index contributed by atoms with van der Waals surface area (Å²) in [5, 5.41) is 19.3. The van der Waals surface area contributed by atoms with E-state index in [0.717, 1.165) is 12.0 Å². The molecule has 0 aliphatic carbocycles. The lowest BCUT2D eigenvalue weighted by molar-refractivity contribution is 0.0835. The second-order valence-electron chi connectivity index (χ2n) is 3.41. The van der Waals surface area contributed by atoms with Crippen LogP contribution in [0.1, 0.15) is 27.2 Å². The van der Waals surface area contributed by atoms with Gasteiger partial charge < -0.3 is 15.8 Å². The number of nitrogens with one attached hydrogen (secondary N) is 2. The molecule has 0 spiro atoms. The first-order valence-electron chi connectivity index (χ1n) is 4.15. The third-order valence-electron chi connectivity index (χ3n) is 1.42. The van der Waals surface area contributed by atoms with E-state index in [9.17, 15) is 5.11 Å².